The topological polar surface area (TPSA) is 57.4 Å². The zero-order chi connectivity index (χ0) is 11.1. The molecule has 0 radical (unpaired) electrons. The number of hydrogen-bond acceptors (Lipinski definition) is 4. The number of anilines is 1. The quantitative estimate of drug-likeness (QED) is 0.765. The molecule has 0 saturated carbocycles. The van der Waals surface area contributed by atoms with Gasteiger partial charge in [-0.15, -0.1) is 0 Å². The van der Waals surface area contributed by atoms with Crippen molar-refractivity contribution in [3.05, 3.63) is 24.0 Å². The Bertz CT molecular complexity index is 365. The van der Waals surface area contributed by atoms with Crippen LogP contribution in [0.25, 0.3) is 0 Å². The van der Waals surface area contributed by atoms with E-state index < -0.39 is 5.79 Å². The first-order valence-corrected chi connectivity index (χ1v) is 5.05. The lowest BCUT2D eigenvalue weighted by Gasteiger charge is -2.16. The molecule has 1 aliphatic rings. The molecule has 2 heterocycles. The molecular formula is C11H16N2O2. The van der Waals surface area contributed by atoms with Gasteiger partial charge in [-0.05, 0) is 32.9 Å². The largest absolute Gasteiger partial charge is 0.399 e. The highest BCUT2D eigenvalue weighted by Crippen LogP contribution is 2.37. The van der Waals surface area contributed by atoms with Crippen molar-refractivity contribution in [1.82, 2.24) is 4.98 Å². The minimum absolute atomic E-state index is 0.00528. The second kappa shape index (κ2) is 3.47. The zero-order valence-corrected chi connectivity index (χ0v) is 9.23. The van der Waals surface area contributed by atoms with Gasteiger partial charge in [0, 0.05) is 11.9 Å². The monoisotopic (exact) mass is 208 g/mol. The third kappa shape index (κ3) is 2.11. The third-order valence-electron chi connectivity index (χ3n) is 2.40. The summed E-state index contributed by atoms with van der Waals surface area (Å²) < 4.78 is 11.4. The van der Waals surface area contributed by atoms with Crippen LogP contribution in [0.2, 0.25) is 0 Å². The number of rotatable bonds is 1. The summed E-state index contributed by atoms with van der Waals surface area (Å²) in [6.45, 7) is 5.77. The predicted molar refractivity (Wildman–Crippen MR) is 57.1 cm³/mol. The molecule has 15 heavy (non-hydrogen) atoms. The molecule has 0 aromatic carbocycles. The van der Waals surface area contributed by atoms with Gasteiger partial charge >= 0.3 is 0 Å². The van der Waals surface area contributed by atoms with E-state index in [0.29, 0.717) is 5.69 Å². The van der Waals surface area contributed by atoms with E-state index in [1.54, 1.807) is 12.3 Å². The third-order valence-corrected chi connectivity index (χ3v) is 2.40. The molecule has 2 atom stereocenters. The maximum Gasteiger partial charge on any atom is 0.164 e. The predicted octanol–water partition coefficient (Wildman–Crippen LogP) is 1.88. The normalized spacial score (nSPS) is 29.3. The molecule has 1 saturated heterocycles. The van der Waals surface area contributed by atoms with Gasteiger partial charge in [0.15, 0.2) is 5.79 Å². The highest BCUT2D eigenvalue weighted by molar-refractivity contribution is 5.38. The van der Waals surface area contributed by atoms with Crippen LogP contribution in [0, 0.1) is 0 Å². The van der Waals surface area contributed by atoms with Crippen LogP contribution in [-0.4, -0.2) is 16.9 Å². The van der Waals surface area contributed by atoms with Gasteiger partial charge in [0.1, 0.15) is 6.10 Å². The maximum atomic E-state index is 5.76. The van der Waals surface area contributed by atoms with Crippen molar-refractivity contribution in [3.63, 3.8) is 0 Å². The van der Waals surface area contributed by atoms with Crippen LogP contribution in [0.3, 0.4) is 0 Å². The Balaban J connectivity index is 2.25. The average molecular weight is 208 g/mol. The number of nitrogen functional groups attached to an aromatic ring is 1. The summed E-state index contributed by atoms with van der Waals surface area (Å²) in [5.41, 5.74) is 7.22. The molecule has 1 aromatic heterocycles. The average Bonchev–Trinajstić information content (AvgIpc) is 2.40. The van der Waals surface area contributed by atoms with Crippen LogP contribution in [0.5, 0.6) is 0 Å². The molecule has 0 spiro atoms. The molecule has 1 aliphatic heterocycles. The van der Waals surface area contributed by atoms with Crippen molar-refractivity contribution < 1.29 is 9.47 Å². The molecule has 1 fully saturated rings. The minimum Gasteiger partial charge on any atom is -0.399 e. The smallest absolute Gasteiger partial charge is 0.164 e. The fourth-order valence-electron chi connectivity index (χ4n) is 1.86. The molecule has 4 heteroatoms. The number of ether oxygens (including phenoxy) is 2. The van der Waals surface area contributed by atoms with Gasteiger partial charge in [-0.25, -0.2) is 0 Å². The van der Waals surface area contributed by atoms with Gasteiger partial charge in [0.25, 0.3) is 0 Å². The molecule has 82 valence electrons. The van der Waals surface area contributed by atoms with Crippen LogP contribution in [0.4, 0.5) is 5.69 Å². The van der Waals surface area contributed by atoms with E-state index in [4.69, 9.17) is 15.2 Å². The Labute approximate surface area is 89.4 Å². The van der Waals surface area contributed by atoms with Crippen LogP contribution in [0.1, 0.15) is 32.6 Å². The van der Waals surface area contributed by atoms with Crippen molar-refractivity contribution in [2.45, 2.75) is 38.8 Å². The first kappa shape index (κ1) is 10.4. The fraction of sp³-hybridized carbons (Fsp3) is 0.545. The van der Waals surface area contributed by atoms with Crippen molar-refractivity contribution in [2.24, 2.45) is 0 Å². The Hall–Kier alpha value is -1.13. The molecule has 0 bridgehead atoms. The molecule has 1 aromatic rings. The molecule has 4 nitrogen and oxygen atoms in total. The first-order valence-electron chi connectivity index (χ1n) is 5.05. The lowest BCUT2D eigenvalue weighted by molar-refractivity contribution is -0.145. The molecule has 0 aliphatic carbocycles. The zero-order valence-electron chi connectivity index (χ0n) is 9.23. The standard InChI is InChI=1S/C11H16N2O2/c1-7-10(15-11(2,3)14-7)9-6-8(12)4-5-13-9/h4-7,10H,1-3H3,(H2,12,13)/t7-,10+/m1/s1. The van der Waals surface area contributed by atoms with E-state index in [2.05, 4.69) is 4.98 Å². The van der Waals surface area contributed by atoms with E-state index in [-0.39, 0.29) is 12.2 Å². The Morgan fingerprint density at radius 3 is 2.67 bits per heavy atom. The van der Waals surface area contributed by atoms with Crippen LogP contribution in [-0.2, 0) is 9.47 Å². The Kier molecular flexibility index (Phi) is 2.40. The van der Waals surface area contributed by atoms with E-state index in [1.807, 2.05) is 26.8 Å². The molecule has 2 N–H and O–H groups in total. The number of pyridine rings is 1. The summed E-state index contributed by atoms with van der Waals surface area (Å²) in [4.78, 5) is 4.25. The van der Waals surface area contributed by atoms with Gasteiger partial charge in [-0.3, -0.25) is 4.98 Å². The van der Waals surface area contributed by atoms with Crippen molar-refractivity contribution >= 4 is 5.69 Å². The molecular weight excluding hydrogens is 192 g/mol. The lowest BCUT2D eigenvalue weighted by atomic mass is 10.1. The SMILES string of the molecule is C[C@H]1OC(C)(C)O[C@@H]1c1cc(N)ccn1. The van der Waals surface area contributed by atoms with Gasteiger partial charge in [-0.2, -0.15) is 0 Å². The van der Waals surface area contributed by atoms with E-state index >= 15 is 0 Å². The summed E-state index contributed by atoms with van der Waals surface area (Å²) in [7, 11) is 0. The highest BCUT2D eigenvalue weighted by atomic mass is 16.7. The summed E-state index contributed by atoms with van der Waals surface area (Å²) in [5, 5.41) is 0. The van der Waals surface area contributed by atoms with Crippen LogP contribution < -0.4 is 5.73 Å². The summed E-state index contributed by atoms with van der Waals surface area (Å²) in [5.74, 6) is -0.545. The number of nitrogens with zero attached hydrogens (tertiary/aromatic N) is 1. The maximum absolute atomic E-state index is 5.76. The summed E-state index contributed by atoms with van der Waals surface area (Å²) >= 11 is 0. The van der Waals surface area contributed by atoms with Gasteiger partial charge in [0.2, 0.25) is 0 Å². The highest BCUT2D eigenvalue weighted by Gasteiger charge is 2.40. The van der Waals surface area contributed by atoms with E-state index in [0.717, 1.165) is 5.69 Å². The second-order valence-corrected chi connectivity index (χ2v) is 4.28. The van der Waals surface area contributed by atoms with Crippen molar-refractivity contribution in [1.29, 1.82) is 0 Å². The second-order valence-electron chi connectivity index (χ2n) is 4.28. The van der Waals surface area contributed by atoms with E-state index in [9.17, 15) is 0 Å². The Morgan fingerprint density at radius 2 is 2.13 bits per heavy atom. The van der Waals surface area contributed by atoms with Crippen molar-refractivity contribution in [2.75, 3.05) is 5.73 Å². The van der Waals surface area contributed by atoms with Gasteiger partial charge in [0.05, 0.1) is 11.8 Å². The summed E-state index contributed by atoms with van der Waals surface area (Å²) in [6.07, 6.45) is 1.55. The van der Waals surface area contributed by atoms with Gasteiger partial charge in [-0.1, -0.05) is 0 Å². The molecule has 0 unspecified atom stereocenters. The number of hydrogen-bond donors (Lipinski definition) is 1. The fourth-order valence-corrected chi connectivity index (χ4v) is 1.86. The van der Waals surface area contributed by atoms with Gasteiger partial charge < -0.3 is 15.2 Å². The van der Waals surface area contributed by atoms with Crippen LogP contribution in [0.15, 0.2) is 18.3 Å². The van der Waals surface area contributed by atoms with E-state index in [1.165, 1.54) is 0 Å². The molecule has 0 amide bonds. The Morgan fingerprint density at radius 1 is 1.40 bits per heavy atom. The first-order chi connectivity index (χ1) is 6.98. The van der Waals surface area contributed by atoms with Crippen LogP contribution >= 0.6 is 0 Å². The number of nitrogens with two attached hydrogens (primary N) is 1. The molecule has 2 rings (SSSR count). The van der Waals surface area contributed by atoms with Crippen molar-refractivity contribution in [3.8, 4) is 0 Å². The number of aromatic nitrogens is 1. The minimum atomic E-state index is -0.545. The summed E-state index contributed by atoms with van der Waals surface area (Å²) in [6, 6.07) is 3.58. The lowest BCUT2D eigenvalue weighted by Crippen LogP contribution is -2.20.